The highest BCUT2D eigenvalue weighted by molar-refractivity contribution is 7.52. The molecular formula is C24H34N5O8P. The molecule has 0 radical (unpaired) electrons. The van der Waals surface area contributed by atoms with Crippen LogP contribution in [-0.4, -0.2) is 76.5 Å². The lowest BCUT2D eigenvalue weighted by Gasteiger charge is -2.36. The van der Waals surface area contributed by atoms with E-state index >= 15 is 0 Å². The summed E-state index contributed by atoms with van der Waals surface area (Å²) < 4.78 is 35.8. The molecule has 0 bridgehead atoms. The van der Waals surface area contributed by atoms with E-state index in [0.717, 1.165) is 0 Å². The minimum absolute atomic E-state index is 0.130. The molecule has 0 aromatic heterocycles. The number of rotatable bonds is 11. The maximum Gasteiger partial charge on any atom is 0.459 e. The zero-order valence-corrected chi connectivity index (χ0v) is 22.6. The normalized spacial score (nSPS) is 28.5. The number of esters is 1. The third-order valence-corrected chi connectivity index (χ3v) is 7.63. The number of nitrogens with zero attached hydrogens (tertiary/aromatic N) is 3. The maximum atomic E-state index is 13.7. The predicted molar refractivity (Wildman–Crippen MR) is 140 cm³/mol. The van der Waals surface area contributed by atoms with E-state index in [2.05, 4.69) is 21.8 Å². The zero-order chi connectivity index (χ0) is 28.1. The third-order valence-electron chi connectivity index (χ3n) is 5.99. The Balaban J connectivity index is 1.78. The van der Waals surface area contributed by atoms with E-state index in [-0.39, 0.29) is 23.9 Å². The first-order valence-electron chi connectivity index (χ1n) is 11.9. The van der Waals surface area contributed by atoms with E-state index in [0.29, 0.717) is 5.70 Å². The van der Waals surface area contributed by atoms with Crippen molar-refractivity contribution in [2.45, 2.75) is 57.6 Å². The number of amidine groups is 1. The molecule has 2 aliphatic rings. The molecule has 0 amide bonds. The van der Waals surface area contributed by atoms with Gasteiger partial charge < -0.3 is 29.9 Å². The van der Waals surface area contributed by atoms with Crippen LogP contribution in [0, 0.1) is 0 Å². The molecule has 208 valence electrons. The van der Waals surface area contributed by atoms with Crippen molar-refractivity contribution in [3.63, 3.8) is 0 Å². The second kappa shape index (κ2) is 12.2. The lowest BCUT2D eigenvalue weighted by atomic mass is 9.93. The summed E-state index contributed by atoms with van der Waals surface area (Å²) in [7, 11) is -4.21. The highest BCUT2D eigenvalue weighted by Crippen LogP contribution is 2.47. The molecule has 1 saturated heterocycles. The Labute approximate surface area is 221 Å². The number of ether oxygens (including phenoxy) is 2. The largest absolute Gasteiger partial charge is 0.465 e. The van der Waals surface area contributed by atoms with Crippen molar-refractivity contribution in [3.05, 3.63) is 54.4 Å². The second-order valence-electron chi connectivity index (χ2n) is 8.68. The molecule has 0 aliphatic carbocycles. The third kappa shape index (κ3) is 6.32. The zero-order valence-electron chi connectivity index (χ0n) is 21.7. The van der Waals surface area contributed by atoms with Gasteiger partial charge in [0.15, 0.2) is 5.84 Å². The number of carbonyl (C=O) groups is 1. The number of para-hydroxylation sites is 1. The van der Waals surface area contributed by atoms with Crippen molar-refractivity contribution in [3.8, 4) is 5.75 Å². The molecule has 0 spiro atoms. The number of carbonyl (C=O) groups excluding carboxylic acids is 1. The van der Waals surface area contributed by atoms with Gasteiger partial charge >= 0.3 is 13.7 Å². The molecular weight excluding hydrogens is 517 g/mol. The summed E-state index contributed by atoms with van der Waals surface area (Å²) in [5, 5.41) is 29.8. The van der Waals surface area contributed by atoms with Gasteiger partial charge in [0.25, 0.3) is 0 Å². The van der Waals surface area contributed by atoms with Gasteiger partial charge in [-0.15, -0.1) is 0 Å². The summed E-state index contributed by atoms with van der Waals surface area (Å²) >= 11 is 0. The SMILES string of the molecule is C=C(N1N=CN=C(N)/C1=C/C)[C@]1(C)O[C@H](COP(=O)(N[C@@H](C)C(=O)OCC)Oc2ccccc2)[C@@H](O)[C@H]1O. The highest BCUT2D eigenvalue weighted by Gasteiger charge is 2.55. The van der Waals surface area contributed by atoms with Crippen molar-refractivity contribution in [2.24, 2.45) is 15.8 Å². The molecule has 0 saturated carbocycles. The topological polar surface area (TPSA) is 178 Å². The number of nitrogens with two attached hydrogens (primary N) is 1. The van der Waals surface area contributed by atoms with E-state index in [9.17, 15) is 19.6 Å². The van der Waals surface area contributed by atoms with E-state index in [1.54, 1.807) is 50.3 Å². The molecule has 2 heterocycles. The second-order valence-corrected chi connectivity index (χ2v) is 10.4. The molecule has 14 heteroatoms. The quantitative estimate of drug-likeness (QED) is 0.232. The van der Waals surface area contributed by atoms with Crippen molar-refractivity contribution in [1.82, 2.24) is 10.1 Å². The molecule has 5 N–H and O–H groups in total. The summed E-state index contributed by atoms with van der Waals surface area (Å²) in [5.41, 5.74) is 4.99. The minimum Gasteiger partial charge on any atom is -0.465 e. The first kappa shape index (κ1) is 29.5. The molecule has 13 nitrogen and oxygen atoms in total. The first-order valence-corrected chi connectivity index (χ1v) is 13.5. The fraction of sp³-hybridized carbons (Fsp3) is 0.458. The minimum atomic E-state index is -4.21. The Bertz CT molecular complexity index is 1160. The molecule has 1 aromatic rings. The fourth-order valence-corrected chi connectivity index (χ4v) is 5.37. The van der Waals surface area contributed by atoms with Crippen molar-refractivity contribution >= 4 is 25.9 Å². The van der Waals surface area contributed by atoms with Gasteiger partial charge in [-0.25, -0.2) is 14.6 Å². The van der Waals surface area contributed by atoms with Gasteiger partial charge in [-0.1, -0.05) is 30.9 Å². The lowest BCUT2D eigenvalue weighted by molar-refractivity contribution is -0.144. The summed E-state index contributed by atoms with van der Waals surface area (Å²) in [4.78, 5) is 16.1. The van der Waals surface area contributed by atoms with Gasteiger partial charge in [0, 0.05) is 0 Å². The molecule has 6 atom stereocenters. The van der Waals surface area contributed by atoms with Gasteiger partial charge in [0.1, 0.15) is 47.7 Å². The molecule has 1 aromatic carbocycles. The Hall–Kier alpha value is -3.06. The van der Waals surface area contributed by atoms with Crippen molar-refractivity contribution in [1.29, 1.82) is 0 Å². The number of hydrogen-bond donors (Lipinski definition) is 4. The molecule has 1 unspecified atom stereocenters. The van der Waals surface area contributed by atoms with Crippen LogP contribution in [0.1, 0.15) is 27.7 Å². The van der Waals surface area contributed by atoms with E-state index in [1.807, 2.05) is 0 Å². The van der Waals surface area contributed by atoms with Crippen LogP contribution in [-0.2, 0) is 23.4 Å². The summed E-state index contributed by atoms with van der Waals surface area (Å²) in [6.07, 6.45) is -1.19. The monoisotopic (exact) mass is 551 g/mol. The number of hydrazone groups is 1. The number of nitrogens with one attached hydrogen (secondary N) is 1. The molecule has 38 heavy (non-hydrogen) atoms. The van der Waals surface area contributed by atoms with Crippen LogP contribution in [0.5, 0.6) is 5.75 Å². The number of benzene rings is 1. The molecule has 2 aliphatic heterocycles. The van der Waals surface area contributed by atoms with Gasteiger partial charge in [-0.2, -0.15) is 10.2 Å². The van der Waals surface area contributed by atoms with Crippen LogP contribution in [0.25, 0.3) is 0 Å². The van der Waals surface area contributed by atoms with E-state index < -0.39 is 50.3 Å². The van der Waals surface area contributed by atoms with Gasteiger partial charge in [0.05, 0.1) is 18.9 Å². The number of hydrogen-bond acceptors (Lipinski definition) is 12. The Morgan fingerprint density at radius 2 is 2.08 bits per heavy atom. The van der Waals surface area contributed by atoms with Crippen LogP contribution in [0.3, 0.4) is 0 Å². The number of aliphatic hydroxyl groups excluding tert-OH is 2. The van der Waals surface area contributed by atoms with Crippen molar-refractivity contribution < 1.29 is 38.1 Å². The Kier molecular flexibility index (Phi) is 9.47. The summed E-state index contributed by atoms with van der Waals surface area (Å²) in [5.74, 6) is -0.262. The average molecular weight is 552 g/mol. The summed E-state index contributed by atoms with van der Waals surface area (Å²) in [6.45, 7) is 10.0. The lowest BCUT2D eigenvalue weighted by Crippen LogP contribution is -2.47. The Morgan fingerprint density at radius 3 is 2.71 bits per heavy atom. The van der Waals surface area contributed by atoms with Crippen LogP contribution >= 0.6 is 7.75 Å². The first-order chi connectivity index (χ1) is 18.0. The van der Waals surface area contributed by atoms with Gasteiger partial charge in [0.2, 0.25) is 0 Å². The fourth-order valence-electron chi connectivity index (χ4n) is 3.87. The number of allylic oxidation sites excluding steroid dienone is 1. The van der Waals surface area contributed by atoms with Crippen LogP contribution < -0.4 is 15.3 Å². The van der Waals surface area contributed by atoms with Gasteiger partial charge in [-0.05, 0) is 39.8 Å². The van der Waals surface area contributed by atoms with E-state index in [4.69, 9.17) is 24.3 Å². The van der Waals surface area contributed by atoms with Crippen molar-refractivity contribution in [2.75, 3.05) is 13.2 Å². The average Bonchev–Trinajstić information content (AvgIpc) is 3.12. The highest BCUT2D eigenvalue weighted by atomic mass is 31.2. The summed E-state index contributed by atoms with van der Waals surface area (Å²) in [6, 6.07) is 7.17. The Morgan fingerprint density at radius 1 is 1.39 bits per heavy atom. The van der Waals surface area contributed by atoms with Crippen LogP contribution in [0.15, 0.2) is 64.5 Å². The van der Waals surface area contributed by atoms with Crippen LogP contribution in [0.4, 0.5) is 0 Å². The molecule has 1 fully saturated rings. The number of aliphatic imine (C=N–C) groups is 1. The number of aliphatic hydroxyl groups is 2. The van der Waals surface area contributed by atoms with Gasteiger partial charge in [-0.3, -0.25) is 9.32 Å². The molecule has 3 rings (SSSR count). The standard InChI is InChI=1S/C24H34N5O8P/c1-6-18-22(25)26-14-27-29(18)16(4)24(5)21(31)20(30)19(36-24)13-35-38(33,28-15(3)23(32)34-7-2)37-17-11-9-8-10-12-17/h6,8-12,14-15,19-21,30-31H,4,7,13H2,1-3,5H3,(H,28,33)(H2,25,26,27)/b18-6-/t15-,19+,20+,21+,24-,38?/m0/s1. The van der Waals surface area contributed by atoms with Crippen LogP contribution in [0.2, 0.25) is 0 Å². The smallest absolute Gasteiger partial charge is 0.459 e. The maximum absolute atomic E-state index is 13.7. The van der Waals surface area contributed by atoms with E-state index in [1.165, 1.54) is 25.2 Å². The predicted octanol–water partition coefficient (Wildman–Crippen LogP) is 1.64.